The first-order chi connectivity index (χ1) is 28.1. The molecule has 0 amide bonds. The molecule has 0 spiro atoms. The summed E-state index contributed by atoms with van der Waals surface area (Å²) in [7, 11) is 0. The SMILES string of the molecule is Cc1ccc2c(c1)C(C)(C)c1c(-c3ccc(N(c4ccccc4)c4ccccc4)c4c3C(C)(C)c3cc(C)ccc3-4)ccc(N(c3ccccc3)c3ccccc3)c1-2. The molecule has 2 heteroatoms. The maximum absolute atomic E-state index is 2.45. The van der Waals surface area contributed by atoms with Gasteiger partial charge in [0.2, 0.25) is 0 Å². The summed E-state index contributed by atoms with van der Waals surface area (Å²) < 4.78 is 0. The van der Waals surface area contributed by atoms with Crippen LogP contribution in [0.15, 0.2) is 182 Å². The van der Waals surface area contributed by atoms with Gasteiger partial charge in [0.15, 0.2) is 0 Å². The van der Waals surface area contributed by atoms with E-state index in [9.17, 15) is 0 Å². The van der Waals surface area contributed by atoms with Crippen molar-refractivity contribution in [2.24, 2.45) is 0 Å². The molecule has 8 aromatic carbocycles. The van der Waals surface area contributed by atoms with Crippen LogP contribution in [0.2, 0.25) is 0 Å². The molecule has 58 heavy (non-hydrogen) atoms. The van der Waals surface area contributed by atoms with Gasteiger partial charge in [-0.05, 0) is 119 Å². The normalized spacial score (nSPS) is 14.0. The quantitative estimate of drug-likeness (QED) is 0.160. The van der Waals surface area contributed by atoms with Crippen LogP contribution in [0, 0.1) is 13.8 Å². The van der Waals surface area contributed by atoms with E-state index in [0.717, 1.165) is 22.7 Å². The third kappa shape index (κ3) is 5.46. The van der Waals surface area contributed by atoms with Gasteiger partial charge in [-0.25, -0.2) is 0 Å². The molecule has 2 aliphatic carbocycles. The molecule has 282 valence electrons. The van der Waals surface area contributed by atoms with Gasteiger partial charge in [0.25, 0.3) is 0 Å². The molecule has 8 aromatic rings. The molecule has 2 aliphatic rings. The van der Waals surface area contributed by atoms with Crippen LogP contribution >= 0.6 is 0 Å². The Kier molecular flexibility index (Phi) is 8.32. The zero-order valence-corrected chi connectivity index (χ0v) is 34.2. The number of nitrogens with zero attached hydrogens (tertiary/aromatic N) is 2. The number of benzene rings is 8. The van der Waals surface area contributed by atoms with Gasteiger partial charge in [0, 0.05) is 44.7 Å². The van der Waals surface area contributed by atoms with E-state index < -0.39 is 0 Å². The van der Waals surface area contributed by atoms with Gasteiger partial charge >= 0.3 is 0 Å². The molecule has 0 saturated heterocycles. The Morgan fingerprint density at radius 1 is 0.328 bits per heavy atom. The van der Waals surface area contributed by atoms with Crippen molar-refractivity contribution in [3.63, 3.8) is 0 Å². The molecule has 0 saturated carbocycles. The van der Waals surface area contributed by atoms with Crippen LogP contribution in [0.25, 0.3) is 33.4 Å². The summed E-state index contributed by atoms with van der Waals surface area (Å²) in [6, 6.07) is 67.1. The van der Waals surface area contributed by atoms with Crippen molar-refractivity contribution in [2.45, 2.75) is 52.4 Å². The van der Waals surface area contributed by atoms with Crippen molar-refractivity contribution in [1.82, 2.24) is 0 Å². The lowest BCUT2D eigenvalue weighted by Crippen LogP contribution is -2.20. The fourth-order valence-electron chi connectivity index (χ4n) is 10.1. The van der Waals surface area contributed by atoms with Crippen LogP contribution < -0.4 is 9.80 Å². The first kappa shape index (κ1) is 35.8. The van der Waals surface area contributed by atoms with E-state index in [1.54, 1.807) is 0 Å². The second-order valence-corrected chi connectivity index (χ2v) is 17.1. The van der Waals surface area contributed by atoms with Crippen molar-refractivity contribution in [1.29, 1.82) is 0 Å². The van der Waals surface area contributed by atoms with Crippen LogP contribution in [0.5, 0.6) is 0 Å². The zero-order chi connectivity index (χ0) is 39.8. The number of fused-ring (bicyclic) bond motifs is 6. The summed E-state index contributed by atoms with van der Waals surface area (Å²) in [5.41, 5.74) is 22.3. The Morgan fingerprint density at radius 3 is 0.931 bits per heavy atom. The molecule has 0 unspecified atom stereocenters. The number of para-hydroxylation sites is 4. The molecular weight excluding hydrogens is 701 g/mol. The van der Waals surface area contributed by atoms with E-state index in [1.807, 2.05) is 0 Å². The average Bonchev–Trinajstić information content (AvgIpc) is 3.62. The van der Waals surface area contributed by atoms with Gasteiger partial charge in [-0.3, -0.25) is 0 Å². The molecular formula is C56H48N2. The Morgan fingerprint density at radius 2 is 0.621 bits per heavy atom. The lowest BCUT2D eigenvalue weighted by Gasteiger charge is -2.33. The molecule has 0 aliphatic heterocycles. The van der Waals surface area contributed by atoms with Crippen molar-refractivity contribution in [3.8, 4) is 33.4 Å². The molecule has 2 nitrogen and oxygen atoms in total. The maximum Gasteiger partial charge on any atom is 0.0543 e. The Bertz CT molecular complexity index is 2560. The summed E-state index contributed by atoms with van der Waals surface area (Å²) >= 11 is 0. The van der Waals surface area contributed by atoms with Crippen LogP contribution in [0.1, 0.15) is 61.1 Å². The van der Waals surface area contributed by atoms with E-state index >= 15 is 0 Å². The minimum Gasteiger partial charge on any atom is -0.310 e. The van der Waals surface area contributed by atoms with Crippen LogP contribution in [0.3, 0.4) is 0 Å². The minimum atomic E-state index is -0.265. The van der Waals surface area contributed by atoms with Crippen molar-refractivity contribution in [3.05, 3.63) is 215 Å². The molecule has 0 heterocycles. The van der Waals surface area contributed by atoms with Gasteiger partial charge in [0.05, 0.1) is 11.4 Å². The van der Waals surface area contributed by atoms with Crippen molar-refractivity contribution >= 4 is 34.1 Å². The first-order valence-electron chi connectivity index (χ1n) is 20.5. The second kappa shape index (κ2) is 13.5. The van der Waals surface area contributed by atoms with E-state index in [2.05, 4.69) is 233 Å². The monoisotopic (exact) mass is 748 g/mol. The average molecular weight is 749 g/mol. The summed E-state index contributed by atoms with van der Waals surface area (Å²) in [5, 5.41) is 0. The number of hydrogen-bond donors (Lipinski definition) is 0. The van der Waals surface area contributed by atoms with Crippen LogP contribution in [-0.4, -0.2) is 0 Å². The standard InChI is InChI=1S/C56H48N2/c1-37-27-29-45-47(35-37)55(3,4)53-43(31-33-49(51(45)53)57(39-19-11-7-12-20-39)40-21-13-8-14-22-40)44-32-34-50(52-46-30-28-38(2)36-48(46)56(5,6)54(44)52)58(41-23-15-9-16-24-41)42-25-17-10-18-26-42/h7-36H,1-6H3. The highest BCUT2D eigenvalue weighted by Gasteiger charge is 2.44. The third-order valence-corrected chi connectivity index (χ3v) is 12.7. The van der Waals surface area contributed by atoms with Gasteiger partial charge in [-0.1, -0.05) is 160 Å². The molecule has 0 fully saturated rings. The second-order valence-electron chi connectivity index (χ2n) is 17.1. The lowest BCUT2D eigenvalue weighted by molar-refractivity contribution is 0.654. The molecule has 0 N–H and O–H groups in total. The Hall–Kier alpha value is -6.64. The molecule has 0 atom stereocenters. The fourth-order valence-corrected chi connectivity index (χ4v) is 10.1. The summed E-state index contributed by atoms with van der Waals surface area (Å²) in [5.74, 6) is 0. The number of hydrogen-bond acceptors (Lipinski definition) is 2. The number of aryl methyl sites for hydroxylation is 2. The lowest BCUT2D eigenvalue weighted by atomic mass is 9.74. The zero-order valence-electron chi connectivity index (χ0n) is 34.2. The van der Waals surface area contributed by atoms with Crippen LogP contribution in [-0.2, 0) is 10.8 Å². The predicted molar refractivity (Wildman–Crippen MR) is 246 cm³/mol. The highest BCUT2D eigenvalue weighted by Crippen LogP contribution is 2.61. The third-order valence-electron chi connectivity index (χ3n) is 12.7. The topological polar surface area (TPSA) is 6.48 Å². The molecule has 0 radical (unpaired) electrons. The van der Waals surface area contributed by atoms with Crippen molar-refractivity contribution < 1.29 is 0 Å². The van der Waals surface area contributed by atoms with E-state index in [-0.39, 0.29) is 10.8 Å². The summed E-state index contributed by atoms with van der Waals surface area (Å²) in [4.78, 5) is 4.89. The predicted octanol–water partition coefficient (Wildman–Crippen LogP) is 15.5. The van der Waals surface area contributed by atoms with E-state index in [1.165, 1.54) is 78.1 Å². The van der Waals surface area contributed by atoms with Gasteiger partial charge in [-0.2, -0.15) is 0 Å². The van der Waals surface area contributed by atoms with Gasteiger partial charge in [0.1, 0.15) is 0 Å². The highest BCUT2D eigenvalue weighted by atomic mass is 15.2. The minimum absolute atomic E-state index is 0.265. The van der Waals surface area contributed by atoms with Gasteiger partial charge in [-0.15, -0.1) is 0 Å². The number of rotatable bonds is 7. The summed E-state index contributed by atoms with van der Waals surface area (Å²) in [6.07, 6.45) is 0. The van der Waals surface area contributed by atoms with Gasteiger partial charge < -0.3 is 9.80 Å². The Balaban J connectivity index is 1.30. The molecule has 0 bridgehead atoms. The summed E-state index contributed by atoms with van der Waals surface area (Å²) in [6.45, 7) is 14.2. The molecule has 10 rings (SSSR count). The Labute approximate surface area is 343 Å². The largest absolute Gasteiger partial charge is 0.310 e. The molecule has 0 aromatic heterocycles. The maximum atomic E-state index is 2.45. The van der Waals surface area contributed by atoms with Crippen molar-refractivity contribution in [2.75, 3.05) is 9.80 Å². The fraction of sp³-hybridized carbons (Fsp3) is 0.143. The van der Waals surface area contributed by atoms with E-state index in [0.29, 0.717) is 0 Å². The first-order valence-corrected chi connectivity index (χ1v) is 20.5. The van der Waals surface area contributed by atoms with E-state index in [4.69, 9.17) is 0 Å². The number of anilines is 6. The van der Waals surface area contributed by atoms with Crippen LogP contribution in [0.4, 0.5) is 34.1 Å². The smallest absolute Gasteiger partial charge is 0.0543 e. The highest BCUT2D eigenvalue weighted by molar-refractivity contribution is 6.03.